The van der Waals surface area contributed by atoms with Gasteiger partial charge in [0.2, 0.25) is 0 Å². The Bertz CT molecular complexity index is 1140. The van der Waals surface area contributed by atoms with Crippen molar-refractivity contribution in [3.05, 3.63) is 83.9 Å². The fourth-order valence-corrected chi connectivity index (χ4v) is 2.62. The highest BCUT2D eigenvalue weighted by Crippen LogP contribution is 2.28. The lowest BCUT2D eigenvalue weighted by atomic mass is 10.1. The maximum Gasteiger partial charge on any atom is 0.457 e. The summed E-state index contributed by atoms with van der Waals surface area (Å²) in [5, 5.41) is 0. The average molecular weight is 550 g/mol. The minimum atomic E-state index is -5.21. The third kappa shape index (κ3) is 7.82. The van der Waals surface area contributed by atoms with Gasteiger partial charge >= 0.3 is 37.0 Å². The van der Waals surface area contributed by atoms with Crippen LogP contribution in [0.15, 0.2) is 72.8 Å². The summed E-state index contributed by atoms with van der Waals surface area (Å²) in [7, 11) is 0. The summed E-state index contributed by atoms with van der Waals surface area (Å²) in [5.41, 5.74) is -0.0376. The number of ether oxygens (including phenoxy) is 4. The maximum absolute atomic E-state index is 12.9. The van der Waals surface area contributed by atoms with Crippen LogP contribution in [0.2, 0.25) is 0 Å². The summed E-state index contributed by atoms with van der Waals surface area (Å²) in [5.74, 6) is -2.86. The Kier molecular flexibility index (Phi) is 8.43. The van der Waals surface area contributed by atoms with Crippen LogP contribution >= 0.6 is 0 Å². The molecule has 202 valence electrons. The summed E-state index contributed by atoms with van der Waals surface area (Å²) in [4.78, 5) is 24.5. The number of carbonyl (C=O) groups excluding carboxylic acids is 2. The predicted octanol–water partition coefficient (Wildman–Crippen LogP) is 6.60. The molecule has 6 nitrogen and oxygen atoms in total. The van der Waals surface area contributed by atoms with Crippen LogP contribution in [-0.2, 0) is 0 Å². The third-order valence-electron chi connectivity index (χ3n) is 4.42. The molecule has 0 saturated heterocycles. The molecule has 38 heavy (non-hydrogen) atoms. The van der Waals surface area contributed by atoms with E-state index in [0.29, 0.717) is 0 Å². The lowest BCUT2D eigenvalue weighted by molar-refractivity contribution is -0.236. The number of benzene rings is 3. The van der Waals surface area contributed by atoms with Crippen molar-refractivity contribution >= 4 is 11.9 Å². The summed E-state index contributed by atoms with van der Waals surface area (Å²) in [6, 6.07) is 13.0. The molecule has 2 atom stereocenters. The van der Waals surface area contributed by atoms with Gasteiger partial charge in [-0.2, -0.15) is 35.1 Å². The number of carbonyl (C=O) groups is 2. The first-order valence-corrected chi connectivity index (χ1v) is 10.2. The SMILES string of the molecule is O=C(Oc1ccc(OC(F)C(F)(F)F)cc1)c1ccc(C(=O)Oc2ccc(OC(F)C(F)(F)F)cc2)cc1. The molecule has 3 aromatic rings. The van der Waals surface area contributed by atoms with Gasteiger partial charge in [-0.05, 0) is 72.8 Å². The minimum absolute atomic E-state index is 0.0188. The van der Waals surface area contributed by atoms with Gasteiger partial charge in [-0.25, -0.2) is 9.59 Å². The molecule has 0 saturated carbocycles. The van der Waals surface area contributed by atoms with Crippen LogP contribution < -0.4 is 18.9 Å². The van der Waals surface area contributed by atoms with Gasteiger partial charge in [0.1, 0.15) is 23.0 Å². The Morgan fingerprint density at radius 3 is 1.03 bits per heavy atom. The zero-order valence-corrected chi connectivity index (χ0v) is 18.6. The van der Waals surface area contributed by atoms with E-state index in [0.717, 1.165) is 48.5 Å². The van der Waals surface area contributed by atoms with Crippen LogP contribution in [0.3, 0.4) is 0 Å². The molecule has 0 aliphatic heterocycles. The monoisotopic (exact) mass is 550 g/mol. The van der Waals surface area contributed by atoms with Crippen molar-refractivity contribution in [2.45, 2.75) is 25.1 Å². The smallest absolute Gasteiger partial charge is 0.452 e. The van der Waals surface area contributed by atoms with Gasteiger partial charge in [-0.1, -0.05) is 0 Å². The van der Waals surface area contributed by atoms with Crippen molar-refractivity contribution in [1.82, 2.24) is 0 Å². The fourth-order valence-electron chi connectivity index (χ4n) is 2.62. The second-order valence-corrected chi connectivity index (χ2v) is 7.25. The van der Waals surface area contributed by atoms with Crippen LogP contribution in [0.1, 0.15) is 20.7 Å². The quantitative estimate of drug-likeness (QED) is 0.179. The number of halogens is 8. The molecule has 3 aromatic carbocycles. The standard InChI is InChI=1S/C24H14F8O6/c25-21(23(27,28)29)37-17-9-5-15(6-10-17)35-19(33)13-1-2-14(4-3-13)20(34)36-16-7-11-18(12-8-16)38-22(26)24(30,31)32/h1-12,21-22H. The first kappa shape index (κ1) is 28.2. The average Bonchev–Trinajstić information content (AvgIpc) is 2.85. The highest BCUT2D eigenvalue weighted by atomic mass is 19.4. The Hall–Kier alpha value is -4.36. The van der Waals surface area contributed by atoms with Crippen molar-refractivity contribution in [1.29, 1.82) is 0 Å². The first-order chi connectivity index (χ1) is 17.7. The molecule has 0 heterocycles. The Morgan fingerprint density at radius 2 is 0.763 bits per heavy atom. The molecule has 0 N–H and O–H groups in total. The summed E-state index contributed by atoms with van der Waals surface area (Å²) in [6.07, 6.45) is -17.5. The van der Waals surface area contributed by atoms with Crippen molar-refractivity contribution < 1.29 is 63.7 Å². The van der Waals surface area contributed by atoms with E-state index in [2.05, 4.69) is 9.47 Å². The molecule has 0 aliphatic rings. The van der Waals surface area contributed by atoms with E-state index < -0.39 is 48.5 Å². The molecule has 0 spiro atoms. The number of hydrogen-bond acceptors (Lipinski definition) is 6. The lowest BCUT2D eigenvalue weighted by Gasteiger charge is -2.14. The van der Waals surface area contributed by atoms with E-state index in [-0.39, 0.29) is 22.6 Å². The Labute approximate surface area is 208 Å². The lowest BCUT2D eigenvalue weighted by Crippen LogP contribution is -2.29. The highest BCUT2D eigenvalue weighted by Gasteiger charge is 2.43. The minimum Gasteiger partial charge on any atom is -0.452 e. The van der Waals surface area contributed by atoms with Crippen LogP contribution in [0, 0.1) is 0 Å². The van der Waals surface area contributed by atoms with Crippen molar-refractivity contribution in [2.75, 3.05) is 0 Å². The van der Waals surface area contributed by atoms with Gasteiger partial charge < -0.3 is 18.9 Å². The van der Waals surface area contributed by atoms with E-state index in [1.54, 1.807) is 0 Å². The van der Waals surface area contributed by atoms with Crippen molar-refractivity contribution in [3.63, 3.8) is 0 Å². The van der Waals surface area contributed by atoms with Crippen LogP contribution in [0.5, 0.6) is 23.0 Å². The Balaban J connectivity index is 1.55. The van der Waals surface area contributed by atoms with Gasteiger partial charge in [0.15, 0.2) is 0 Å². The molecule has 0 fully saturated rings. The Morgan fingerprint density at radius 1 is 0.500 bits per heavy atom. The fraction of sp³-hybridized carbons (Fsp3) is 0.167. The van der Waals surface area contributed by atoms with Gasteiger partial charge in [-0.3, -0.25) is 0 Å². The van der Waals surface area contributed by atoms with Crippen LogP contribution in [-0.4, -0.2) is 37.0 Å². The molecule has 0 amide bonds. The molecule has 0 radical (unpaired) electrons. The summed E-state index contributed by atoms with van der Waals surface area (Å²) >= 11 is 0. The van der Waals surface area contributed by atoms with Crippen LogP contribution in [0.25, 0.3) is 0 Å². The predicted molar refractivity (Wildman–Crippen MR) is 112 cm³/mol. The molecule has 0 bridgehead atoms. The second-order valence-electron chi connectivity index (χ2n) is 7.25. The number of hydrogen-bond donors (Lipinski definition) is 0. The zero-order chi connectivity index (χ0) is 28.1. The summed E-state index contributed by atoms with van der Waals surface area (Å²) in [6.45, 7) is 0. The van der Waals surface area contributed by atoms with E-state index in [1.807, 2.05) is 0 Å². The zero-order valence-electron chi connectivity index (χ0n) is 18.6. The molecule has 2 unspecified atom stereocenters. The first-order valence-electron chi connectivity index (χ1n) is 10.2. The third-order valence-corrected chi connectivity index (χ3v) is 4.42. The molecule has 3 rings (SSSR count). The number of alkyl halides is 8. The van der Waals surface area contributed by atoms with E-state index in [1.165, 1.54) is 24.3 Å². The molecule has 14 heteroatoms. The molecule has 0 aliphatic carbocycles. The number of rotatable bonds is 8. The normalized spacial score (nSPS) is 13.3. The van der Waals surface area contributed by atoms with Crippen molar-refractivity contribution in [2.24, 2.45) is 0 Å². The molecular formula is C24H14F8O6. The van der Waals surface area contributed by atoms with Crippen molar-refractivity contribution in [3.8, 4) is 23.0 Å². The molecule has 0 aromatic heterocycles. The topological polar surface area (TPSA) is 71.1 Å². The summed E-state index contributed by atoms with van der Waals surface area (Å²) < 4.78 is 117. The van der Waals surface area contributed by atoms with Crippen LogP contribution in [0.4, 0.5) is 35.1 Å². The van der Waals surface area contributed by atoms with E-state index in [9.17, 15) is 44.7 Å². The van der Waals surface area contributed by atoms with Gasteiger partial charge in [0.25, 0.3) is 0 Å². The largest absolute Gasteiger partial charge is 0.457 e. The van der Waals surface area contributed by atoms with Gasteiger partial charge in [0.05, 0.1) is 11.1 Å². The van der Waals surface area contributed by atoms with E-state index in [4.69, 9.17) is 9.47 Å². The molecular weight excluding hydrogens is 536 g/mol. The van der Waals surface area contributed by atoms with E-state index >= 15 is 0 Å². The maximum atomic E-state index is 12.9. The van der Waals surface area contributed by atoms with Gasteiger partial charge in [-0.15, -0.1) is 0 Å². The number of esters is 2. The van der Waals surface area contributed by atoms with Gasteiger partial charge in [0, 0.05) is 0 Å². The highest BCUT2D eigenvalue weighted by molar-refractivity contribution is 5.94. The second kappa shape index (κ2) is 11.4.